The molecule has 0 bridgehead atoms. The average molecular weight is 315 g/mol. The summed E-state index contributed by atoms with van der Waals surface area (Å²) < 4.78 is 10.4. The summed E-state index contributed by atoms with van der Waals surface area (Å²) in [6.45, 7) is 6.25. The van der Waals surface area contributed by atoms with Gasteiger partial charge in [-0.1, -0.05) is 25.4 Å². The Hall–Kier alpha value is -1.62. The molecule has 1 aromatic rings. The minimum Gasteiger partial charge on any atom is -0.495 e. The predicted octanol–water partition coefficient (Wildman–Crippen LogP) is 2.93. The van der Waals surface area contributed by atoms with Crippen molar-refractivity contribution in [3.05, 3.63) is 17.2 Å². The summed E-state index contributed by atoms with van der Waals surface area (Å²) in [5, 5.41) is 6.42. The summed E-state index contributed by atoms with van der Waals surface area (Å²) in [6.07, 6.45) is 0. The van der Waals surface area contributed by atoms with Gasteiger partial charge in [0.1, 0.15) is 11.5 Å². The molecular formula is C15H23ClN2O3. The summed E-state index contributed by atoms with van der Waals surface area (Å²) in [5.74, 6) is 1.40. The second-order valence-electron chi connectivity index (χ2n) is 5.14. The number of carbonyl (C=O) groups excluding carboxylic acids is 1. The van der Waals surface area contributed by atoms with E-state index in [1.165, 1.54) is 7.11 Å². The standard InChI is InChI=1S/C15H23ClN2O3/c1-9(2)10(3)18-15(19)8-17-12-7-13(20-4)11(16)6-14(12)21-5/h6-7,9-10,17H,8H2,1-5H3,(H,18,19). The summed E-state index contributed by atoms with van der Waals surface area (Å²) in [5.41, 5.74) is 0.658. The van der Waals surface area contributed by atoms with Crippen LogP contribution >= 0.6 is 11.6 Å². The first-order chi connectivity index (χ1) is 9.88. The molecule has 0 aliphatic rings. The van der Waals surface area contributed by atoms with Gasteiger partial charge in [-0.3, -0.25) is 4.79 Å². The zero-order chi connectivity index (χ0) is 16.0. The molecule has 118 valence electrons. The maximum atomic E-state index is 11.9. The average Bonchev–Trinajstić information content (AvgIpc) is 2.45. The van der Waals surface area contributed by atoms with Crippen LogP contribution in [0.2, 0.25) is 5.02 Å². The van der Waals surface area contributed by atoms with Gasteiger partial charge in [-0.15, -0.1) is 0 Å². The van der Waals surface area contributed by atoms with Crippen LogP contribution in [0.25, 0.3) is 0 Å². The van der Waals surface area contributed by atoms with Gasteiger partial charge in [-0.05, 0) is 12.8 Å². The Morgan fingerprint density at radius 3 is 2.33 bits per heavy atom. The molecule has 6 heteroatoms. The van der Waals surface area contributed by atoms with Crippen LogP contribution in [-0.2, 0) is 4.79 Å². The highest BCUT2D eigenvalue weighted by atomic mass is 35.5. The predicted molar refractivity (Wildman–Crippen MR) is 85.5 cm³/mol. The van der Waals surface area contributed by atoms with Crippen molar-refractivity contribution >= 4 is 23.2 Å². The lowest BCUT2D eigenvalue weighted by atomic mass is 10.1. The van der Waals surface area contributed by atoms with E-state index in [2.05, 4.69) is 24.5 Å². The SMILES string of the molecule is COc1cc(NCC(=O)NC(C)C(C)C)c(OC)cc1Cl. The van der Waals surface area contributed by atoms with Crippen molar-refractivity contribution in [3.63, 3.8) is 0 Å². The Labute approximate surface area is 131 Å². The van der Waals surface area contributed by atoms with E-state index >= 15 is 0 Å². The number of benzene rings is 1. The molecule has 21 heavy (non-hydrogen) atoms. The van der Waals surface area contributed by atoms with Gasteiger partial charge in [-0.2, -0.15) is 0 Å². The van der Waals surface area contributed by atoms with E-state index < -0.39 is 0 Å². The number of ether oxygens (including phenoxy) is 2. The van der Waals surface area contributed by atoms with Crippen LogP contribution in [0, 0.1) is 5.92 Å². The van der Waals surface area contributed by atoms with Crippen molar-refractivity contribution in [1.29, 1.82) is 0 Å². The fourth-order valence-electron chi connectivity index (χ4n) is 1.65. The third-order valence-electron chi connectivity index (χ3n) is 3.30. The third kappa shape index (κ3) is 5.01. The van der Waals surface area contributed by atoms with Crippen LogP contribution in [0.5, 0.6) is 11.5 Å². The van der Waals surface area contributed by atoms with Crippen molar-refractivity contribution < 1.29 is 14.3 Å². The molecule has 0 saturated carbocycles. The van der Waals surface area contributed by atoms with Gasteiger partial charge in [-0.25, -0.2) is 0 Å². The molecule has 1 unspecified atom stereocenters. The third-order valence-corrected chi connectivity index (χ3v) is 3.60. The Kier molecular flexibility index (Phi) is 6.62. The van der Waals surface area contributed by atoms with Crippen molar-refractivity contribution in [2.75, 3.05) is 26.1 Å². The van der Waals surface area contributed by atoms with Crippen LogP contribution in [-0.4, -0.2) is 32.7 Å². The van der Waals surface area contributed by atoms with Crippen LogP contribution < -0.4 is 20.1 Å². The highest BCUT2D eigenvalue weighted by molar-refractivity contribution is 6.32. The van der Waals surface area contributed by atoms with Crippen LogP contribution in [0.15, 0.2) is 12.1 Å². The number of amides is 1. The Bertz CT molecular complexity index is 492. The van der Waals surface area contributed by atoms with E-state index in [-0.39, 0.29) is 18.5 Å². The molecule has 0 heterocycles. The molecule has 0 saturated heterocycles. The molecule has 5 nitrogen and oxygen atoms in total. The largest absolute Gasteiger partial charge is 0.495 e. The minimum absolute atomic E-state index is 0.0767. The summed E-state index contributed by atoms with van der Waals surface area (Å²) in [6, 6.07) is 3.48. The lowest BCUT2D eigenvalue weighted by Crippen LogP contribution is -2.39. The second-order valence-corrected chi connectivity index (χ2v) is 5.55. The number of carbonyl (C=O) groups is 1. The fourth-order valence-corrected chi connectivity index (χ4v) is 1.88. The monoisotopic (exact) mass is 314 g/mol. The molecule has 0 aliphatic heterocycles. The first-order valence-electron chi connectivity index (χ1n) is 6.83. The molecule has 0 spiro atoms. The smallest absolute Gasteiger partial charge is 0.239 e. The number of halogens is 1. The Morgan fingerprint density at radius 1 is 1.19 bits per heavy atom. The normalized spacial score (nSPS) is 12.0. The number of methoxy groups -OCH3 is 2. The van der Waals surface area contributed by atoms with Crippen molar-refractivity contribution in [2.45, 2.75) is 26.8 Å². The molecule has 1 atom stereocenters. The summed E-state index contributed by atoms with van der Waals surface area (Å²) in [7, 11) is 3.08. The number of rotatable bonds is 7. The van der Waals surface area contributed by atoms with Gasteiger partial charge >= 0.3 is 0 Å². The maximum absolute atomic E-state index is 11.9. The first kappa shape index (κ1) is 17.4. The summed E-state index contributed by atoms with van der Waals surface area (Å²) in [4.78, 5) is 11.9. The fraction of sp³-hybridized carbons (Fsp3) is 0.533. The number of hydrogen-bond donors (Lipinski definition) is 2. The Morgan fingerprint density at radius 2 is 1.81 bits per heavy atom. The van der Waals surface area contributed by atoms with E-state index in [9.17, 15) is 4.79 Å². The first-order valence-corrected chi connectivity index (χ1v) is 7.21. The molecule has 0 fully saturated rings. The highest BCUT2D eigenvalue weighted by Crippen LogP contribution is 2.35. The molecule has 1 aromatic carbocycles. The van der Waals surface area contributed by atoms with E-state index in [4.69, 9.17) is 21.1 Å². The van der Waals surface area contributed by atoms with E-state index in [0.717, 1.165) is 0 Å². The van der Waals surface area contributed by atoms with Gasteiger partial charge in [0.25, 0.3) is 0 Å². The molecule has 2 N–H and O–H groups in total. The van der Waals surface area contributed by atoms with Gasteiger partial charge < -0.3 is 20.1 Å². The minimum atomic E-state index is -0.0767. The van der Waals surface area contributed by atoms with Gasteiger partial charge in [0.15, 0.2) is 0 Å². The molecule has 0 aliphatic carbocycles. The molecular weight excluding hydrogens is 292 g/mol. The Balaban J connectivity index is 2.72. The van der Waals surface area contributed by atoms with Crippen LogP contribution in [0.4, 0.5) is 5.69 Å². The molecule has 0 radical (unpaired) electrons. The quantitative estimate of drug-likeness (QED) is 0.812. The van der Waals surface area contributed by atoms with Crippen molar-refractivity contribution in [1.82, 2.24) is 5.32 Å². The topological polar surface area (TPSA) is 59.6 Å². The lowest BCUT2D eigenvalue weighted by molar-refractivity contribution is -0.120. The van der Waals surface area contributed by atoms with Crippen molar-refractivity contribution in [3.8, 4) is 11.5 Å². The van der Waals surface area contributed by atoms with E-state index in [1.54, 1.807) is 19.2 Å². The van der Waals surface area contributed by atoms with Gasteiger partial charge in [0.05, 0.1) is 31.5 Å². The zero-order valence-corrected chi connectivity index (χ0v) is 13.9. The van der Waals surface area contributed by atoms with Gasteiger partial charge in [0.2, 0.25) is 5.91 Å². The number of hydrogen-bond acceptors (Lipinski definition) is 4. The second kappa shape index (κ2) is 7.98. The van der Waals surface area contributed by atoms with E-state index in [0.29, 0.717) is 28.1 Å². The van der Waals surface area contributed by atoms with Crippen LogP contribution in [0.3, 0.4) is 0 Å². The zero-order valence-electron chi connectivity index (χ0n) is 13.1. The molecule has 0 aromatic heterocycles. The molecule has 1 amide bonds. The lowest BCUT2D eigenvalue weighted by Gasteiger charge is -2.18. The van der Waals surface area contributed by atoms with E-state index in [1.807, 2.05) is 6.92 Å². The van der Waals surface area contributed by atoms with Crippen LogP contribution in [0.1, 0.15) is 20.8 Å². The van der Waals surface area contributed by atoms with Gasteiger partial charge in [0, 0.05) is 18.2 Å². The maximum Gasteiger partial charge on any atom is 0.239 e. The highest BCUT2D eigenvalue weighted by Gasteiger charge is 2.13. The molecule has 1 rings (SSSR count). The number of anilines is 1. The number of nitrogens with one attached hydrogen (secondary N) is 2. The van der Waals surface area contributed by atoms with Crippen molar-refractivity contribution in [2.24, 2.45) is 5.92 Å². The summed E-state index contributed by atoms with van der Waals surface area (Å²) >= 11 is 6.03.